The third kappa shape index (κ3) is 3.36. The lowest BCUT2D eigenvalue weighted by molar-refractivity contribution is -0.139. The van der Waals surface area contributed by atoms with Gasteiger partial charge in [0.1, 0.15) is 11.8 Å². The second-order valence-electron chi connectivity index (χ2n) is 4.22. The number of carbonyl (C=O) groups excluding carboxylic acids is 1. The van der Waals surface area contributed by atoms with Crippen LogP contribution >= 0.6 is 23.5 Å². The molecule has 0 fully saturated rings. The maximum atomic E-state index is 12.2. The van der Waals surface area contributed by atoms with Gasteiger partial charge in [-0.2, -0.15) is 5.26 Å². The molecule has 0 aliphatic carbocycles. The molecule has 1 atom stereocenters. The summed E-state index contributed by atoms with van der Waals surface area (Å²) in [6.07, 6.45) is 11.3. The van der Waals surface area contributed by atoms with Crippen molar-refractivity contribution in [1.82, 2.24) is 4.90 Å². The van der Waals surface area contributed by atoms with Crippen molar-refractivity contribution in [2.24, 2.45) is 0 Å². The van der Waals surface area contributed by atoms with Crippen LogP contribution in [0.4, 0.5) is 0 Å². The number of carbonyl (C=O) groups is 1. The SMILES string of the molecule is CCOC(=O)/C1=C/CS/C(SC)=C(/C#N)N2C=CC=CC12. The van der Waals surface area contributed by atoms with Crippen LogP contribution in [0.25, 0.3) is 0 Å². The Morgan fingerprint density at radius 2 is 2.43 bits per heavy atom. The van der Waals surface area contributed by atoms with E-state index in [0.29, 0.717) is 23.6 Å². The molecule has 0 spiro atoms. The first kappa shape index (κ1) is 15.8. The van der Waals surface area contributed by atoms with E-state index in [0.717, 1.165) is 4.24 Å². The van der Waals surface area contributed by atoms with Gasteiger partial charge in [0.05, 0.1) is 22.5 Å². The van der Waals surface area contributed by atoms with E-state index in [-0.39, 0.29) is 12.0 Å². The van der Waals surface area contributed by atoms with E-state index in [9.17, 15) is 10.1 Å². The fourth-order valence-electron chi connectivity index (χ4n) is 2.14. The number of thioether (sulfide) groups is 2. The quantitative estimate of drug-likeness (QED) is 0.745. The molecule has 0 radical (unpaired) electrons. The third-order valence-corrected chi connectivity index (χ3v) is 5.25. The predicted molar refractivity (Wildman–Crippen MR) is 87.2 cm³/mol. The van der Waals surface area contributed by atoms with Crippen LogP contribution in [0.15, 0.2) is 46.0 Å². The summed E-state index contributed by atoms with van der Waals surface area (Å²) in [5, 5.41) is 9.51. The van der Waals surface area contributed by atoms with Crippen LogP contribution < -0.4 is 0 Å². The molecule has 1 unspecified atom stereocenters. The van der Waals surface area contributed by atoms with Crippen LogP contribution in [-0.2, 0) is 9.53 Å². The Hall–Kier alpha value is -1.58. The first-order chi connectivity index (χ1) is 10.2. The van der Waals surface area contributed by atoms with E-state index in [1.807, 2.05) is 41.7 Å². The fraction of sp³-hybridized carbons (Fsp3) is 0.333. The number of hydrogen-bond donors (Lipinski definition) is 0. The average molecular weight is 320 g/mol. The molecule has 4 nitrogen and oxygen atoms in total. The van der Waals surface area contributed by atoms with Gasteiger partial charge in [-0.1, -0.05) is 18.2 Å². The van der Waals surface area contributed by atoms with Gasteiger partial charge in [-0.05, 0) is 19.3 Å². The smallest absolute Gasteiger partial charge is 0.336 e. The normalized spacial score (nSPS) is 27.0. The molecule has 2 heterocycles. The highest BCUT2D eigenvalue weighted by Gasteiger charge is 2.30. The summed E-state index contributed by atoms with van der Waals surface area (Å²) in [7, 11) is 0. The lowest BCUT2D eigenvalue weighted by Crippen LogP contribution is -2.35. The predicted octanol–water partition coefficient (Wildman–Crippen LogP) is 3.03. The van der Waals surface area contributed by atoms with Crippen molar-refractivity contribution in [2.45, 2.75) is 13.0 Å². The van der Waals surface area contributed by atoms with E-state index in [4.69, 9.17) is 4.74 Å². The number of esters is 1. The fourth-order valence-corrected chi connectivity index (χ4v) is 3.87. The zero-order chi connectivity index (χ0) is 15.2. The van der Waals surface area contributed by atoms with Gasteiger partial charge in [-0.25, -0.2) is 4.79 Å². The Bertz CT molecular complexity index is 585. The highest BCUT2D eigenvalue weighted by molar-refractivity contribution is 8.22. The second kappa shape index (κ2) is 7.43. The molecule has 0 aromatic rings. The summed E-state index contributed by atoms with van der Waals surface area (Å²) in [6, 6.07) is 1.98. The van der Waals surface area contributed by atoms with Gasteiger partial charge in [-0.3, -0.25) is 0 Å². The number of fused-ring (bicyclic) bond motifs is 1. The maximum Gasteiger partial charge on any atom is 0.336 e. The molecule has 2 aliphatic heterocycles. The first-order valence-corrected chi connectivity index (χ1v) is 8.75. The summed E-state index contributed by atoms with van der Waals surface area (Å²) in [6.45, 7) is 2.13. The topological polar surface area (TPSA) is 53.3 Å². The third-order valence-electron chi connectivity index (χ3n) is 3.04. The van der Waals surface area contributed by atoms with E-state index >= 15 is 0 Å². The molecule has 0 saturated carbocycles. The van der Waals surface area contributed by atoms with Crippen molar-refractivity contribution in [3.63, 3.8) is 0 Å². The molecule has 0 aromatic carbocycles. The number of rotatable bonds is 3. The highest BCUT2D eigenvalue weighted by atomic mass is 32.2. The summed E-state index contributed by atoms with van der Waals surface area (Å²) in [5.41, 5.74) is 1.16. The van der Waals surface area contributed by atoms with Crippen LogP contribution in [0.1, 0.15) is 6.92 Å². The van der Waals surface area contributed by atoms with Crippen molar-refractivity contribution in [2.75, 3.05) is 18.6 Å². The van der Waals surface area contributed by atoms with Gasteiger partial charge in [0.25, 0.3) is 0 Å². The van der Waals surface area contributed by atoms with Crippen LogP contribution in [0, 0.1) is 11.3 Å². The molecule has 0 N–H and O–H groups in total. The van der Waals surface area contributed by atoms with Crippen molar-refractivity contribution >= 4 is 29.5 Å². The lowest BCUT2D eigenvalue weighted by atomic mass is 10.0. The number of allylic oxidation sites excluding steroid dienone is 3. The number of nitrogens with zero attached hydrogens (tertiary/aromatic N) is 2. The number of ether oxygens (including phenoxy) is 1. The molecule has 6 heteroatoms. The monoisotopic (exact) mass is 320 g/mol. The Balaban J connectivity index is 2.44. The van der Waals surface area contributed by atoms with E-state index in [1.54, 1.807) is 30.4 Å². The summed E-state index contributed by atoms with van der Waals surface area (Å²) in [4.78, 5) is 14.0. The first-order valence-electron chi connectivity index (χ1n) is 6.54. The van der Waals surface area contributed by atoms with Gasteiger partial charge in [-0.15, -0.1) is 23.5 Å². The summed E-state index contributed by atoms with van der Waals surface area (Å²) >= 11 is 3.11. The van der Waals surface area contributed by atoms with Crippen molar-refractivity contribution < 1.29 is 9.53 Å². The molecule has 0 saturated heterocycles. The zero-order valence-corrected chi connectivity index (χ0v) is 13.5. The Morgan fingerprint density at radius 3 is 3.10 bits per heavy atom. The highest BCUT2D eigenvalue weighted by Crippen LogP contribution is 2.36. The molecule has 0 aromatic heterocycles. The van der Waals surface area contributed by atoms with Crippen LogP contribution in [0.2, 0.25) is 0 Å². The van der Waals surface area contributed by atoms with Gasteiger partial charge < -0.3 is 9.64 Å². The molecule has 2 aliphatic rings. The Labute approximate surface area is 133 Å². The molecule has 21 heavy (non-hydrogen) atoms. The molecular formula is C15H16N2O2S2. The minimum atomic E-state index is -0.321. The molecule has 0 bridgehead atoms. The Morgan fingerprint density at radius 1 is 1.62 bits per heavy atom. The Kier molecular flexibility index (Phi) is 5.59. The van der Waals surface area contributed by atoms with E-state index < -0.39 is 0 Å². The van der Waals surface area contributed by atoms with Crippen LogP contribution in [0.3, 0.4) is 0 Å². The average Bonchev–Trinajstić information content (AvgIpc) is 2.48. The summed E-state index contributed by atoms with van der Waals surface area (Å²) < 4.78 is 6.10. The largest absolute Gasteiger partial charge is 0.463 e. The van der Waals surface area contributed by atoms with Gasteiger partial charge in [0.15, 0.2) is 0 Å². The van der Waals surface area contributed by atoms with Crippen LogP contribution in [-0.4, -0.2) is 35.5 Å². The lowest BCUT2D eigenvalue weighted by Gasteiger charge is -2.32. The molecule has 2 rings (SSSR count). The standard InChI is InChI=1S/C15H16N2O2S2/c1-3-19-14(18)11-7-9-21-15(20-2)13(10-16)17-8-5-4-6-12(11)17/h4-8,12H,3,9H2,1-2H3/b11-7+,15-13-. The molecule has 0 amide bonds. The zero-order valence-electron chi connectivity index (χ0n) is 11.9. The second-order valence-corrected chi connectivity index (χ2v) is 6.33. The molecule has 110 valence electrons. The summed E-state index contributed by atoms with van der Waals surface area (Å²) in [5.74, 6) is 0.329. The minimum Gasteiger partial charge on any atom is -0.463 e. The van der Waals surface area contributed by atoms with Gasteiger partial charge in [0.2, 0.25) is 0 Å². The van der Waals surface area contributed by atoms with Crippen molar-refractivity contribution in [1.29, 1.82) is 5.26 Å². The van der Waals surface area contributed by atoms with E-state index in [1.165, 1.54) is 0 Å². The maximum absolute atomic E-state index is 12.2. The van der Waals surface area contributed by atoms with Crippen molar-refractivity contribution in [3.05, 3.63) is 46.0 Å². The van der Waals surface area contributed by atoms with Crippen molar-refractivity contribution in [3.8, 4) is 6.07 Å². The number of nitriles is 1. The molecular weight excluding hydrogens is 304 g/mol. The van der Waals surface area contributed by atoms with E-state index in [2.05, 4.69) is 6.07 Å². The van der Waals surface area contributed by atoms with Crippen LogP contribution in [0.5, 0.6) is 0 Å². The van der Waals surface area contributed by atoms with Gasteiger partial charge in [0, 0.05) is 12.0 Å². The number of hydrogen-bond acceptors (Lipinski definition) is 6. The minimum absolute atomic E-state index is 0.285. The van der Waals surface area contributed by atoms with Gasteiger partial charge >= 0.3 is 5.97 Å².